The highest BCUT2D eigenvalue weighted by Gasteiger charge is 2.39. The molecule has 2 rings (SSSR count). The molecule has 13 heavy (non-hydrogen) atoms. The van der Waals surface area contributed by atoms with Gasteiger partial charge in [0.05, 0.1) is 12.7 Å². The smallest absolute Gasteiger partial charge is 0.220 e. The van der Waals surface area contributed by atoms with Crippen LogP contribution in [0.15, 0.2) is 0 Å². The van der Waals surface area contributed by atoms with E-state index >= 15 is 0 Å². The fraction of sp³-hybridized carbons (Fsp3) is 0.889. The fourth-order valence-electron chi connectivity index (χ4n) is 1.84. The molecule has 2 atom stereocenters. The Balaban J connectivity index is 1.93. The lowest BCUT2D eigenvalue weighted by atomic mass is 10.0. The highest BCUT2D eigenvalue weighted by atomic mass is 16.7. The maximum absolute atomic E-state index is 11.0. The van der Waals surface area contributed by atoms with Crippen LogP contribution in [0.25, 0.3) is 0 Å². The van der Waals surface area contributed by atoms with Gasteiger partial charge in [-0.15, -0.1) is 0 Å². The van der Waals surface area contributed by atoms with Gasteiger partial charge in [0.1, 0.15) is 0 Å². The molecule has 1 amide bonds. The molecule has 0 aliphatic carbocycles. The first-order chi connectivity index (χ1) is 6.07. The Morgan fingerprint density at radius 1 is 1.54 bits per heavy atom. The van der Waals surface area contributed by atoms with E-state index in [4.69, 9.17) is 9.47 Å². The summed E-state index contributed by atoms with van der Waals surface area (Å²) in [4.78, 5) is 11.0. The average Bonchev–Trinajstić information content (AvgIpc) is 2.56. The maximum Gasteiger partial charge on any atom is 0.220 e. The maximum atomic E-state index is 11.0. The molecule has 2 aliphatic rings. The van der Waals surface area contributed by atoms with Gasteiger partial charge in [0.15, 0.2) is 5.79 Å². The highest BCUT2D eigenvalue weighted by Crippen LogP contribution is 2.29. The molecule has 4 heteroatoms. The van der Waals surface area contributed by atoms with Gasteiger partial charge >= 0.3 is 0 Å². The minimum absolute atomic E-state index is 0.0777. The number of carbonyl (C=O) groups excluding carboxylic acids is 1. The van der Waals surface area contributed by atoms with E-state index in [9.17, 15) is 4.79 Å². The average molecular weight is 185 g/mol. The summed E-state index contributed by atoms with van der Waals surface area (Å²) in [5.41, 5.74) is 0. The standard InChI is InChI=1S/C9H15NO3/c1-9(2)12-5-7(13-9)6-3-8(11)10-4-6/h6-7H,3-5H2,1-2H3,(H,10,11)/t6?,7-/m1/s1. The molecule has 0 aromatic heterocycles. The van der Waals surface area contributed by atoms with Gasteiger partial charge in [-0.05, 0) is 13.8 Å². The number of rotatable bonds is 1. The van der Waals surface area contributed by atoms with E-state index in [1.807, 2.05) is 13.8 Å². The van der Waals surface area contributed by atoms with Gasteiger partial charge in [0.2, 0.25) is 5.91 Å². The summed E-state index contributed by atoms with van der Waals surface area (Å²) in [5, 5.41) is 2.80. The van der Waals surface area contributed by atoms with Gasteiger partial charge in [-0.3, -0.25) is 4.79 Å². The Hall–Kier alpha value is -0.610. The largest absolute Gasteiger partial charge is 0.356 e. The number of carbonyl (C=O) groups is 1. The van der Waals surface area contributed by atoms with Crippen LogP contribution in [0.4, 0.5) is 0 Å². The molecule has 2 heterocycles. The molecule has 2 aliphatic heterocycles. The minimum atomic E-state index is -0.476. The zero-order valence-corrected chi connectivity index (χ0v) is 8.00. The lowest BCUT2D eigenvalue weighted by Crippen LogP contribution is -2.28. The van der Waals surface area contributed by atoms with Crippen LogP contribution < -0.4 is 5.32 Å². The fourth-order valence-corrected chi connectivity index (χ4v) is 1.84. The molecule has 74 valence electrons. The van der Waals surface area contributed by atoms with Crippen molar-refractivity contribution in [2.24, 2.45) is 5.92 Å². The van der Waals surface area contributed by atoms with Crippen molar-refractivity contribution in [1.29, 1.82) is 0 Å². The van der Waals surface area contributed by atoms with E-state index in [1.165, 1.54) is 0 Å². The van der Waals surface area contributed by atoms with Gasteiger partial charge in [-0.25, -0.2) is 0 Å². The predicted molar refractivity (Wildman–Crippen MR) is 46.0 cm³/mol. The summed E-state index contributed by atoms with van der Waals surface area (Å²) in [5.74, 6) is -0.0661. The van der Waals surface area contributed by atoms with E-state index < -0.39 is 5.79 Å². The van der Waals surface area contributed by atoms with Gasteiger partial charge in [-0.1, -0.05) is 0 Å². The van der Waals surface area contributed by atoms with Crippen LogP contribution >= 0.6 is 0 Å². The Kier molecular flexibility index (Phi) is 2.04. The van der Waals surface area contributed by atoms with Crippen molar-refractivity contribution in [3.05, 3.63) is 0 Å². The van der Waals surface area contributed by atoms with Crippen LogP contribution in [0, 0.1) is 5.92 Å². The van der Waals surface area contributed by atoms with Crippen LogP contribution in [0.2, 0.25) is 0 Å². The molecule has 1 N–H and O–H groups in total. The Bertz CT molecular complexity index is 227. The molecule has 1 unspecified atom stereocenters. The number of amides is 1. The third-order valence-corrected chi connectivity index (χ3v) is 2.57. The van der Waals surface area contributed by atoms with Crippen LogP contribution in [0.3, 0.4) is 0 Å². The Labute approximate surface area is 77.6 Å². The zero-order chi connectivity index (χ0) is 9.47. The second kappa shape index (κ2) is 2.96. The Morgan fingerprint density at radius 3 is 2.77 bits per heavy atom. The van der Waals surface area contributed by atoms with Gasteiger partial charge in [0.25, 0.3) is 0 Å². The van der Waals surface area contributed by atoms with E-state index in [0.717, 1.165) is 6.54 Å². The molecule has 0 aromatic rings. The third-order valence-electron chi connectivity index (χ3n) is 2.57. The first-order valence-electron chi connectivity index (χ1n) is 4.65. The lowest BCUT2D eigenvalue weighted by molar-refractivity contribution is -0.144. The molecular weight excluding hydrogens is 170 g/mol. The molecule has 0 bridgehead atoms. The first-order valence-corrected chi connectivity index (χ1v) is 4.65. The topological polar surface area (TPSA) is 47.6 Å². The zero-order valence-electron chi connectivity index (χ0n) is 8.00. The summed E-state index contributed by atoms with van der Waals surface area (Å²) in [6.07, 6.45) is 0.651. The highest BCUT2D eigenvalue weighted by molar-refractivity contribution is 5.78. The quantitative estimate of drug-likeness (QED) is 0.638. The predicted octanol–water partition coefficient (Wildman–Crippen LogP) is 0.274. The first kappa shape index (κ1) is 8.97. The molecule has 2 fully saturated rings. The Morgan fingerprint density at radius 2 is 2.31 bits per heavy atom. The van der Waals surface area contributed by atoms with E-state index in [0.29, 0.717) is 13.0 Å². The monoisotopic (exact) mass is 185 g/mol. The van der Waals surface area contributed by atoms with Crippen molar-refractivity contribution in [3.63, 3.8) is 0 Å². The summed E-state index contributed by atoms with van der Waals surface area (Å²) < 4.78 is 11.1. The van der Waals surface area contributed by atoms with Gasteiger partial charge in [0, 0.05) is 18.9 Å². The SMILES string of the molecule is CC1(C)OC[C@H](C2CNC(=O)C2)O1. The molecule has 0 saturated carbocycles. The number of ether oxygens (including phenoxy) is 2. The van der Waals surface area contributed by atoms with Crippen molar-refractivity contribution in [1.82, 2.24) is 5.32 Å². The van der Waals surface area contributed by atoms with Gasteiger partial charge < -0.3 is 14.8 Å². The van der Waals surface area contributed by atoms with Crippen LogP contribution in [-0.4, -0.2) is 30.9 Å². The normalized spacial score (nSPS) is 37.8. The van der Waals surface area contributed by atoms with Crippen LogP contribution in [0.5, 0.6) is 0 Å². The lowest BCUT2D eigenvalue weighted by Gasteiger charge is -2.19. The van der Waals surface area contributed by atoms with Gasteiger partial charge in [-0.2, -0.15) is 0 Å². The van der Waals surface area contributed by atoms with Crippen molar-refractivity contribution >= 4 is 5.91 Å². The van der Waals surface area contributed by atoms with E-state index in [2.05, 4.69) is 5.32 Å². The van der Waals surface area contributed by atoms with Crippen molar-refractivity contribution in [3.8, 4) is 0 Å². The molecule has 0 spiro atoms. The summed E-state index contributed by atoms with van der Waals surface area (Å²) in [6.45, 7) is 5.13. The summed E-state index contributed by atoms with van der Waals surface area (Å²) in [6, 6.07) is 0. The summed E-state index contributed by atoms with van der Waals surface area (Å²) in [7, 11) is 0. The van der Waals surface area contributed by atoms with Crippen LogP contribution in [0.1, 0.15) is 20.3 Å². The molecular formula is C9H15NO3. The van der Waals surface area contributed by atoms with Crippen molar-refractivity contribution in [2.45, 2.75) is 32.2 Å². The van der Waals surface area contributed by atoms with Crippen molar-refractivity contribution in [2.75, 3.05) is 13.2 Å². The number of hydrogen-bond acceptors (Lipinski definition) is 3. The van der Waals surface area contributed by atoms with Crippen molar-refractivity contribution < 1.29 is 14.3 Å². The molecule has 0 aromatic carbocycles. The minimum Gasteiger partial charge on any atom is -0.356 e. The van der Waals surface area contributed by atoms with Crippen LogP contribution in [-0.2, 0) is 14.3 Å². The van der Waals surface area contributed by atoms with E-state index in [-0.39, 0.29) is 17.9 Å². The molecule has 0 radical (unpaired) electrons. The van der Waals surface area contributed by atoms with E-state index in [1.54, 1.807) is 0 Å². The number of hydrogen-bond donors (Lipinski definition) is 1. The third kappa shape index (κ3) is 1.84. The summed E-state index contributed by atoms with van der Waals surface area (Å²) >= 11 is 0. The number of nitrogens with one attached hydrogen (secondary N) is 1. The molecule has 4 nitrogen and oxygen atoms in total. The second-order valence-corrected chi connectivity index (χ2v) is 4.14. The second-order valence-electron chi connectivity index (χ2n) is 4.14. The molecule has 2 saturated heterocycles.